The van der Waals surface area contributed by atoms with Crippen LogP contribution in [0, 0.1) is 23.2 Å². The van der Waals surface area contributed by atoms with Gasteiger partial charge in [-0.1, -0.05) is 20.4 Å². The van der Waals surface area contributed by atoms with Crippen LogP contribution >= 0.6 is 0 Å². The molecule has 0 aromatic heterocycles. The Bertz CT molecular complexity index is 476. The van der Waals surface area contributed by atoms with Crippen LogP contribution in [-0.2, 0) is 19.0 Å². The number of aliphatic hydroxyl groups excluding tert-OH is 1. The number of fused-ring (bicyclic) bond motifs is 2. The van der Waals surface area contributed by atoms with Crippen molar-refractivity contribution in [1.82, 2.24) is 0 Å². The second-order valence-electron chi connectivity index (χ2n) is 7.22. The molecule has 2 saturated heterocycles. The van der Waals surface area contributed by atoms with Crippen LogP contribution in [0.15, 0.2) is 12.2 Å². The molecule has 0 unspecified atom stereocenters. The molecule has 0 amide bonds. The summed E-state index contributed by atoms with van der Waals surface area (Å²) in [5.74, 6) is 0.339. The molecule has 2 aliphatic heterocycles. The minimum atomic E-state index is -0.791. The zero-order chi connectivity index (χ0) is 16.1. The van der Waals surface area contributed by atoms with E-state index in [1.165, 1.54) is 0 Å². The summed E-state index contributed by atoms with van der Waals surface area (Å²) in [5, 5.41) is 10.1. The van der Waals surface area contributed by atoms with E-state index >= 15 is 0 Å². The minimum absolute atomic E-state index is 0.0201. The zero-order valence-electron chi connectivity index (χ0n) is 13.6. The Morgan fingerprint density at radius 1 is 1.45 bits per heavy atom. The molecule has 22 heavy (non-hydrogen) atoms. The van der Waals surface area contributed by atoms with Crippen LogP contribution in [0.2, 0.25) is 0 Å². The van der Waals surface area contributed by atoms with E-state index in [1.807, 2.05) is 6.92 Å². The molecule has 0 aromatic carbocycles. The predicted octanol–water partition coefficient (Wildman–Crippen LogP) is 2.24. The van der Waals surface area contributed by atoms with Crippen molar-refractivity contribution in [1.29, 1.82) is 0 Å². The highest BCUT2D eigenvalue weighted by atomic mass is 16.7. The van der Waals surface area contributed by atoms with Crippen LogP contribution in [0.25, 0.3) is 0 Å². The van der Waals surface area contributed by atoms with Crippen molar-refractivity contribution in [3.05, 3.63) is 12.2 Å². The Morgan fingerprint density at radius 2 is 2.18 bits per heavy atom. The van der Waals surface area contributed by atoms with Gasteiger partial charge in [0.1, 0.15) is 6.10 Å². The standard InChI is InChI=1S/C17H26O5/c1-5-20-16-17(4)8-11-10(3)15(19)21-13(11)6-9(2)12(17)7-14(18)22-16/h9,11-14,16,18H,3,5-8H2,1-2,4H3/t9-,11+,12+,13+,14-,16-,17+/m1/s1. The zero-order valence-corrected chi connectivity index (χ0v) is 13.6. The van der Waals surface area contributed by atoms with Crippen molar-refractivity contribution in [2.24, 2.45) is 23.2 Å². The number of hydrogen-bond donors (Lipinski definition) is 1. The molecule has 3 fully saturated rings. The van der Waals surface area contributed by atoms with Crippen molar-refractivity contribution >= 4 is 5.97 Å². The van der Waals surface area contributed by atoms with Crippen LogP contribution in [0.1, 0.15) is 40.0 Å². The van der Waals surface area contributed by atoms with E-state index < -0.39 is 12.6 Å². The lowest BCUT2D eigenvalue weighted by atomic mass is 9.65. The molecule has 1 aliphatic carbocycles. The SMILES string of the molecule is C=C1C(=O)O[C@H]2C[C@@H](C)[C@@H]3C[C@H](O)O[C@@H](OCC)[C@@]3(C)C[C@@H]12. The van der Waals surface area contributed by atoms with Gasteiger partial charge in [-0.2, -0.15) is 0 Å². The summed E-state index contributed by atoms with van der Waals surface area (Å²) in [4.78, 5) is 11.9. The molecule has 2 heterocycles. The quantitative estimate of drug-likeness (QED) is 0.626. The van der Waals surface area contributed by atoms with Gasteiger partial charge in [0, 0.05) is 29.9 Å². The van der Waals surface area contributed by atoms with E-state index in [0.29, 0.717) is 24.5 Å². The summed E-state index contributed by atoms with van der Waals surface area (Å²) in [5.41, 5.74) is 0.311. The monoisotopic (exact) mass is 310 g/mol. The number of esters is 1. The van der Waals surface area contributed by atoms with Gasteiger partial charge in [-0.25, -0.2) is 4.79 Å². The Hall–Kier alpha value is -0.910. The molecule has 0 radical (unpaired) electrons. The Labute approximate surface area is 131 Å². The number of aliphatic hydroxyl groups is 1. The van der Waals surface area contributed by atoms with Gasteiger partial charge in [0.2, 0.25) is 0 Å². The lowest BCUT2D eigenvalue weighted by Crippen LogP contribution is -2.52. The second kappa shape index (κ2) is 5.62. The maximum atomic E-state index is 11.9. The third-order valence-electron chi connectivity index (χ3n) is 5.81. The smallest absolute Gasteiger partial charge is 0.334 e. The molecule has 1 N–H and O–H groups in total. The van der Waals surface area contributed by atoms with E-state index in [1.54, 1.807) is 0 Å². The van der Waals surface area contributed by atoms with Crippen molar-refractivity contribution in [3.8, 4) is 0 Å². The number of carbonyl (C=O) groups is 1. The second-order valence-corrected chi connectivity index (χ2v) is 7.22. The molecule has 3 rings (SSSR count). The lowest BCUT2D eigenvalue weighted by molar-refractivity contribution is -0.318. The molecule has 1 saturated carbocycles. The van der Waals surface area contributed by atoms with Gasteiger partial charge >= 0.3 is 5.97 Å². The first-order valence-corrected chi connectivity index (χ1v) is 8.21. The molecule has 124 valence electrons. The number of rotatable bonds is 2. The first kappa shape index (κ1) is 16.0. The Kier molecular flexibility index (Phi) is 4.08. The molecule has 5 heteroatoms. The van der Waals surface area contributed by atoms with Gasteiger partial charge in [-0.3, -0.25) is 0 Å². The summed E-state index contributed by atoms with van der Waals surface area (Å²) < 4.78 is 17.0. The lowest BCUT2D eigenvalue weighted by Gasteiger charge is -2.49. The van der Waals surface area contributed by atoms with Crippen molar-refractivity contribution < 1.29 is 24.1 Å². The summed E-state index contributed by atoms with van der Waals surface area (Å²) in [7, 11) is 0. The van der Waals surface area contributed by atoms with Gasteiger partial charge in [0.05, 0.1) is 0 Å². The summed E-state index contributed by atoms with van der Waals surface area (Å²) in [6.45, 7) is 10.7. The molecule has 7 atom stereocenters. The number of carbonyl (C=O) groups excluding carboxylic acids is 1. The molecule has 0 bridgehead atoms. The molecule has 0 spiro atoms. The summed E-state index contributed by atoms with van der Waals surface area (Å²) in [6, 6.07) is 0. The van der Waals surface area contributed by atoms with Crippen LogP contribution in [0.5, 0.6) is 0 Å². The molecular formula is C17H26O5. The maximum absolute atomic E-state index is 11.9. The van der Waals surface area contributed by atoms with Crippen molar-refractivity contribution in [2.75, 3.05) is 6.61 Å². The summed E-state index contributed by atoms with van der Waals surface area (Å²) >= 11 is 0. The van der Waals surface area contributed by atoms with E-state index in [0.717, 1.165) is 12.8 Å². The third kappa shape index (κ3) is 2.39. The minimum Gasteiger partial charge on any atom is -0.458 e. The Balaban J connectivity index is 1.95. The molecule has 3 aliphatic rings. The third-order valence-corrected chi connectivity index (χ3v) is 5.81. The fraction of sp³-hybridized carbons (Fsp3) is 0.824. The number of hydrogen-bond acceptors (Lipinski definition) is 5. The van der Waals surface area contributed by atoms with Gasteiger partial charge in [-0.05, 0) is 31.6 Å². The highest BCUT2D eigenvalue weighted by Gasteiger charge is 2.56. The predicted molar refractivity (Wildman–Crippen MR) is 79.6 cm³/mol. The average Bonchev–Trinajstić information content (AvgIpc) is 2.64. The largest absolute Gasteiger partial charge is 0.458 e. The highest BCUT2D eigenvalue weighted by molar-refractivity contribution is 5.90. The normalized spacial score (nSPS) is 48.4. The number of ether oxygens (including phenoxy) is 3. The van der Waals surface area contributed by atoms with Crippen LogP contribution in [0.3, 0.4) is 0 Å². The van der Waals surface area contributed by atoms with E-state index in [4.69, 9.17) is 14.2 Å². The summed E-state index contributed by atoms with van der Waals surface area (Å²) in [6.07, 6.45) is 0.797. The van der Waals surface area contributed by atoms with Gasteiger partial charge < -0.3 is 19.3 Å². The fourth-order valence-electron chi connectivity index (χ4n) is 4.67. The van der Waals surface area contributed by atoms with Crippen LogP contribution in [-0.4, -0.2) is 36.4 Å². The van der Waals surface area contributed by atoms with Crippen molar-refractivity contribution in [3.63, 3.8) is 0 Å². The highest BCUT2D eigenvalue weighted by Crippen LogP contribution is 2.55. The van der Waals surface area contributed by atoms with Crippen molar-refractivity contribution in [2.45, 2.75) is 58.7 Å². The molecule has 0 aromatic rings. The van der Waals surface area contributed by atoms with Gasteiger partial charge in [0.25, 0.3) is 0 Å². The van der Waals surface area contributed by atoms with E-state index in [9.17, 15) is 9.90 Å². The fourth-order valence-corrected chi connectivity index (χ4v) is 4.67. The van der Waals surface area contributed by atoms with Gasteiger partial charge in [0.15, 0.2) is 12.6 Å². The topological polar surface area (TPSA) is 65.0 Å². The first-order valence-electron chi connectivity index (χ1n) is 8.21. The maximum Gasteiger partial charge on any atom is 0.334 e. The van der Waals surface area contributed by atoms with E-state index in [-0.39, 0.29) is 29.3 Å². The molecule has 5 nitrogen and oxygen atoms in total. The van der Waals surface area contributed by atoms with Crippen LogP contribution in [0.4, 0.5) is 0 Å². The van der Waals surface area contributed by atoms with E-state index in [2.05, 4.69) is 20.4 Å². The Morgan fingerprint density at radius 3 is 2.86 bits per heavy atom. The van der Waals surface area contributed by atoms with Crippen LogP contribution < -0.4 is 0 Å². The first-order chi connectivity index (χ1) is 10.4. The molecular weight excluding hydrogens is 284 g/mol. The average molecular weight is 310 g/mol. The van der Waals surface area contributed by atoms with Gasteiger partial charge in [-0.15, -0.1) is 0 Å².